The second-order valence-electron chi connectivity index (χ2n) is 4.44. The molecule has 4 nitrogen and oxygen atoms in total. The van der Waals surface area contributed by atoms with Crippen LogP contribution in [0.5, 0.6) is 0 Å². The molecule has 0 saturated carbocycles. The topological polar surface area (TPSA) is 55.1 Å². The Morgan fingerprint density at radius 3 is 2.47 bits per heavy atom. The summed E-state index contributed by atoms with van der Waals surface area (Å²) < 4.78 is 1.82. The molecule has 2 aromatic carbocycles. The quantitative estimate of drug-likeness (QED) is 0.763. The Balaban J connectivity index is 2.36. The Labute approximate surface area is 109 Å². The Kier molecular flexibility index (Phi) is 2.56. The Morgan fingerprint density at radius 1 is 1.21 bits per heavy atom. The molecule has 0 atom stereocenters. The molecule has 3 rings (SSSR count). The maximum Gasteiger partial charge on any atom is 0.336 e. The summed E-state index contributed by atoms with van der Waals surface area (Å²) in [6.45, 7) is 0. The minimum Gasteiger partial charge on any atom is -0.478 e. The summed E-state index contributed by atoms with van der Waals surface area (Å²) in [5.74, 6) is -0.929. The summed E-state index contributed by atoms with van der Waals surface area (Å²) in [7, 11) is 1.85. The van der Waals surface area contributed by atoms with Gasteiger partial charge in [-0.2, -0.15) is 0 Å². The molecule has 19 heavy (non-hydrogen) atoms. The summed E-state index contributed by atoms with van der Waals surface area (Å²) in [6.07, 6.45) is 3.34. The van der Waals surface area contributed by atoms with E-state index in [4.69, 9.17) is 0 Å². The van der Waals surface area contributed by atoms with Crippen molar-refractivity contribution in [1.29, 1.82) is 0 Å². The first-order valence-electron chi connectivity index (χ1n) is 5.89. The van der Waals surface area contributed by atoms with Crippen molar-refractivity contribution in [2.75, 3.05) is 0 Å². The van der Waals surface area contributed by atoms with Crippen molar-refractivity contribution < 1.29 is 9.90 Å². The zero-order chi connectivity index (χ0) is 13.4. The van der Waals surface area contributed by atoms with Crippen LogP contribution in [-0.2, 0) is 7.05 Å². The van der Waals surface area contributed by atoms with Gasteiger partial charge in [0.1, 0.15) is 0 Å². The molecule has 94 valence electrons. The largest absolute Gasteiger partial charge is 0.478 e. The lowest BCUT2D eigenvalue weighted by Gasteiger charge is -2.09. The molecule has 0 amide bonds. The van der Waals surface area contributed by atoms with Crippen molar-refractivity contribution in [2.45, 2.75) is 0 Å². The first-order valence-corrected chi connectivity index (χ1v) is 5.89. The van der Waals surface area contributed by atoms with Crippen LogP contribution in [0.15, 0.2) is 48.9 Å². The van der Waals surface area contributed by atoms with Crippen LogP contribution in [0.3, 0.4) is 0 Å². The third-order valence-electron chi connectivity index (χ3n) is 3.21. The molecule has 0 spiro atoms. The molecule has 1 aromatic heterocycles. The number of carboxylic acids is 1. The van der Waals surface area contributed by atoms with Gasteiger partial charge >= 0.3 is 5.97 Å². The number of aromatic carboxylic acids is 1. The van der Waals surface area contributed by atoms with E-state index in [1.54, 1.807) is 18.6 Å². The number of imidazole rings is 1. The fraction of sp³-hybridized carbons (Fsp3) is 0.0667. The van der Waals surface area contributed by atoms with Gasteiger partial charge in [0.25, 0.3) is 0 Å². The van der Waals surface area contributed by atoms with Crippen LogP contribution in [0.1, 0.15) is 10.4 Å². The Bertz CT molecular complexity index is 775. The average molecular weight is 252 g/mol. The molecule has 0 aliphatic heterocycles. The number of carbonyl (C=O) groups is 1. The van der Waals surface area contributed by atoms with Crippen LogP contribution in [-0.4, -0.2) is 20.6 Å². The molecule has 3 aromatic rings. The van der Waals surface area contributed by atoms with E-state index in [2.05, 4.69) is 4.98 Å². The van der Waals surface area contributed by atoms with E-state index in [0.717, 1.165) is 16.5 Å². The lowest BCUT2D eigenvalue weighted by atomic mass is 9.99. The SMILES string of the molecule is Cn1cncc1-c1cc2ccccc2cc1C(=O)O. The van der Waals surface area contributed by atoms with Gasteiger partial charge in [0.05, 0.1) is 23.8 Å². The van der Waals surface area contributed by atoms with Crippen LogP contribution in [0.4, 0.5) is 0 Å². The third-order valence-corrected chi connectivity index (χ3v) is 3.21. The highest BCUT2D eigenvalue weighted by molar-refractivity contribution is 6.01. The van der Waals surface area contributed by atoms with E-state index in [1.165, 1.54) is 0 Å². The number of aromatic nitrogens is 2. The van der Waals surface area contributed by atoms with Gasteiger partial charge in [-0.05, 0) is 22.9 Å². The van der Waals surface area contributed by atoms with E-state index in [9.17, 15) is 9.90 Å². The minimum atomic E-state index is -0.929. The van der Waals surface area contributed by atoms with Gasteiger partial charge in [-0.25, -0.2) is 9.78 Å². The van der Waals surface area contributed by atoms with Gasteiger partial charge in [0, 0.05) is 12.6 Å². The molecule has 0 bridgehead atoms. The smallest absolute Gasteiger partial charge is 0.336 e. The molecule has 0 fully saturated rings. The molecular weight excluding hydrogens is 240 g/mol. The number of benzene rings is 2. The van der Waals surface area contributed by atoms with Crippen molar-refractivity contribution in [2.24, 2.45) is 7.05 Å². The summed E-state index contributed by atoms with van der Waals surface area (Å²) >= 11 is 0. The van der Waals surface area contributed by atoms with E-state index < -0.39 is 5.97 Å². The molecule has 0 radical (unpaired) electrons. The number of nitrogens with zero attached hydrogens (tertiary/aromatic N) is 2. The van der Waals surface area contributed by atoms with Crippen molar-refractivity contribution in [3.63, 3.8) is 0 Å². The van der Waals surface area contributed by atoms with Gasteiger partial charge < -0.3 is 9.67 Å². The van der Waals surface area contributed by atoms with Gasteiger partial charge in [0.2, 0.25) is 0 Å². The predicted octanol–water partition coefficient (Wildman–Crippen LogP) is 2.94. The Morgan fingerprint density at radius 2 is 1.89 bits per heavy atom. The number of aryl methyl sites for hydroxylation is 1. The summed E-state index contributed by atoms with van der Waals surface area (Å²) in [5, 5.41) is 11.3. The van der Waals surface area contributed by atoms with Crippen LogP contribution in [0.2, 0.25) is 0 Å². The lowest BCUT2D eigenvalue weighted by Crippen LogP contribution is -2.02. The van der Waals surface area contributed by atoms with Gasteiger partial charge in [0.15, 0.2) is 0 Å². The number of hydrogen-bond acceptors (Lipinski definition) is 2. The summed E-state index contributed by atoms with van der Waals surface area (Å²) in [6, 6.07) is 11.3. The van der Waals surface area contributed by atoms with E-state index >= 15 is 0 Å². The zero-order valence-electron chi connectivity index (χ0n) is 10.4. The highest BCUT2D eigenvalue weighted by atomic mass is 16.4. The minimum absolute atomic E-state index is 0.294. The van der Waals surface area contributed by atoms with Crippen molar-refractivity contribution in [3.8, 4) is 11.3 Å². The maximum absolute atomic E-state index is 11.4. The van der Waals surface area contributed by atoms with Crippen LogP contribution in [0.25, 0.3) is 22.0 Å². The first-order chi connectivity index (χ1) is 9.16. The van der Waals surface area contributed by atoms with E-state index in [0.29, 0.717) is 11.1 Å². The highest BCUT2D eigenvalue weighted by Crippen LogP contribution is 2.28. The lowest BCUT2D eigenvalue weighted by molar-refractivity contribution is 0.0698. The Hall–Kier alpha value is -2.62. The van der Waals surface area contributed by atoms with Gasteiger partial charge in [-0.15, -0.1) is 0 Å². The van der Waals surface area contributed by atoms with Crippen LogP contribution in [0, 0.1) is 0 Å². The molecule has 0 aliphatic rings. The first kappa shape index (κ1) is 11.5. The van der Waals surface area contributed by atoms with E-state index in [-0.39, 0.29) is 0 Å². The second-order valence-corrected chi connectivity index (χ2v) is 4.44. The molecular formula is C15H12N2O2. The van der Waals surface area contributed by atoms with Crippen molar-refractivity contribution >= 4 is 16.7 Å². The van der Waals surface area contributed by atoms with Crippen LogP contribution < -0.4 is 0 Å². The fourth-order valence-corrected chi connectivity index (χ4v) is 2.25. The van der Waals surface area contributed by atoms with Gasteiger partial charge in [-0.1, -0.05) is 24.3 Å². The predicted molar refractivity (Wildman–Crippen MR) is 73.1 cm³/mol. The highest BCUT2D eigenvalue weighted by Gasteiger charge is 2.15. The summed E-state index contributed by atoms with van der Waals surface area (Å²) in [5.41, 5.74) is 1.77. The maximum atomic E-state index is 11.4. The second kappa shape index (κ2) is 4.24. The summed E-state index contributed by atoms with van der Waals surface area (Å²) in [4.78, 5) is 15.5. The van der Waals surface area contributed by atoms with Crippen molar-refractivity contribution in [3.05, 3.63) is 54.5 Å². The van der Waals surface area contributed by atoms with Crippen molar-refractivity contribution in [1.82, 2.24) is 9.55 Å². The normalized spacial score (nSPS) is 10.8. The molecule has 1 N–H and O–H groups in total. The van der Waals surface area contributed by atoms with E-state index in [1.807, 2.05) is 41.9 Å². The van der Waals surface area contributed by atoms with Gasteiger partial charge in [-0.3, -0.25) is 0 Å². The number of rotatable bonds is 2. The zero-order valence-corrected chi connectivity index (χ0v) is 10.4. The number of fused-ring (bicyclic) bond motifs is 1. The van der Waals surface area contributed by atoms with Crippen LogP contribution >= 0.6 is 0 Å². The molecule has 1 heterocycles. The monoisotopic (exact) mass is 252 g/mol. The molecule has 4 heteroatoms. The molecule has 0 aliphatic carbocycles. The number of hydrogen-bond donors (Lipinski definition) is 1. The fourth-order valence-electron chi connectivity index (χ4n) is 2.25. The standard InChI is InChI=1S/C15H12N2O2/c1-17-9-16-8-14(17)12-6-10-4-2-3-5-11(10)7-13(12)15(18)19/h2-9H,1H3,(H,18,19). The molecule has 0 unspecified atom stereocenters. The number of carboxylic acid groups (broad SMARTS) is 1. The molecule has 0 saturated heterocycles. The average Bonchev–Trinajstić information content (AvgIpc) is 2.83. The third kappa shape index (κ3) is 1.87.